The number of hydrogen-bond donors (Lipinski definition) is 0. The summed E-state index contributed by atoms with van der Waals surface area (Å²) in [5.41, 5.74) is 0. The van der Waals surface area contributed by atoms with Crippen molar-refractivity contribution < 1.29 is 0 Å². The zero-order valence-corrected chi connectivity index (χ0v) is 16.8. The molecule has 0 amide bonds. The van der Waals surface area contributed by atoms with Gasteiger partial charge in [-0.1, -0.05) is 129 Å². The first-order valence-corrected chi connectivity index (χ1v) is 11.0. The van der Waals surface area contributed by atoms with Gasteiger partial charge < -0.3 is 0 Å². The first-order valence-electron chi connectivity index (χ1n) is 9.01. The van der Waals surface area contributed by atoms with Crippen molar-refractivity contribution in [3.63, 3.8) is 0 Å². The molecule has 0 aliphatic carbocycles. The number of hydrogen-bond acceptors (Lipinski definition) is 0. The molecule has 0 nitrogen and oxygen atoms in total. The highest BCUT2D eigenvalue weighted by Crippen LogP contribution is 2.16. The van der Waals surface area contributed by atoms with E-state index in [0.29, 0.717) is 4.83 Å². The maximum absolute atomic E-state index is 3.67. The van der Waals surface area contributed by atoms with Gasteiger partial charge in [0.25, 0.3) is 0 Å². The van der Waals surface area contributed by atoms with Crippen LogP contribution >= 0.6 is 31.9 Å². The maximum atomic E-state index is 3.67. The van der Waals surface area contributed by atoms with Gasteiger partial charge in [0, 0.05) is 10.2 Å². The molecular formula is C18H36Br2. The van der Waals surface area contributed by atoms with E-state index in [0.717, 1.165) is 5.33 Å². The molecule has 0 rings (SSSR count). The summed E-state index contributed by atoms with van der Waals surface area (Å²) < 4.78 is 0. The fourth-order valence-electron chi connectivity index (χ4n) is 2.64. The number of alkyl halides is 2. The summed E-state index contributed by atoms with van der Waals surface area (Å²) in [6, 6.07) is 0. The lowest BCUT2D eigenvalue weighted by molar-refractivity contribution is 0.533. The van der Waals surface area contributed by atoms with Crippen LogP contribution in [-0.2, 0) is 0 Å². The van der Waals surface area contributed by atoms with E-state index in [4.69, 9.17) is 0 Å². The molecule has 1 unspecified atom stereocenters. The van der Waals surface area contributed by atoms with Gasteiger partial charge in [0.15, 0.2) is 0 Å². The third-order valence-electron chi connectivity index (χ3n) is 4.04. The molecule has 1 atom stereocenters. The highest BCUT2D eigenvalue weighted by Gasteiger charge is 2.00. The lowest BCUT2D eigenvalue weighted by Gasteiger charge is -2.05. The molecule has 0 aliphatic rings. The molecule has 0 aliphatic heterocycles. The molecule has 0 radical (unpaired) electrons. The molecular weight excluding hydrogens is 376 g/mol. The Morgan fingerprint density at radius 1 is 0.600 bits per heavy atom. The normalized spacial score (nSPS) is 12.8. The van der Waals surface area contributed by atoms with Crippen LogP contribution in [0.1, 0.15) is 103 Å². The number of rotatable bonds is 16. The van der Waals surface area contributed by atoms with Crippen LogP contribution in [0.15, 0.2) is 0 Å². The summed E-state index contributed by atoms with van der Waals surface area (Å²) in [6.07, 6.45) is 21.6. The van der Waals surface area contributed by atoms with Gasteiger partial charge in [0.1, 0.15) is 0 Å². The molecule has 0 heterocycles. The summed E-state index contributed by atoms with van der Waals surface area (Å²) in [5, 5.41) is 1.09. The van der Waals surface area contributed by atoms with Gasteiger partial charge in [-0.3, -0.25) is 0 Å². The molecule has 2 heteroatoms. The van der Waals surface area contributed by atoms with Crippen molar-refractivity contribution in [2.24, 2.45) is 0 Å². The molecule has 0 fully saturated rings. The van der Waals surface area contributed by atoms with Crippen LogP contribution in [0.5, 0.6) is 0 Å². The SMILES string of the molecule is CCCCCCCCCCCCCCCCC(Br)CBr. The van der Waals surface area contributed by atoms with E-state index >= 15 is 0 Å². The van der Waals surface area contributed by atoms with Gasteiger partial charge in [0.2, 0.25) is 0 Å². The van der Waals surface area contributed by atoms with Gasteiger partial charge in [-0.25, -0.2) is 0 Å². The fourth-order valence-corrected chi connectivity index (χ4v) is 3.29. The Hall–Kier alpha value is 0.960. The summed E-state index contributed by atoms with van der Waals surface area (Å²) in [4.78, 5) is 0.680. The Bertz CT molecular complexity index is 171. The van der Waals surface area contributed by atoms with Gasteiger partial charge in [-0.15, -0.1) is 0 Å². The molecule has 0 spiro atoms. The van der Waals surface area contributed by atoms with Crippen molar-refractivity contribution in [3.8, 4) is 0 Å². The second-order valence-corrected chi connectivity index (χ2v) is 8.08. The Morgan fingerprint density at radius 2 is 0.950 bits per heavy atom. The zero-order valence-electron chi connectivity index (χ0n) is 13.6. The van der Waals surface area contributed by atoms with Crippen molar-refractivity contribution in [2.75, 3.05) is 5.33 Å². The largest absolute Gasteiger partial charge is 0.0916 e. The minimum atomic E-state index is 0.680. The van der Waals surface area contributed by atoms with Crippen molar-refractivity contribution >= 4 is 31.9 Å². The minimum absolute atomic E-state index is 0.680. The van der Waals surface area contributed by atoms with Crippen molar-refractivity contribution in [1.82, 2.24) is 0 Å². The van der Waals surface area contributed by atoms with Gasteiger partial charge in [-0.2, -0.15) is 0 Å². The summed E-state index contributed by atoms with van der Waals surface area (Å²) in [6.45, 7) is 2.29. The molecule has 0 N–H and O–H groups in total. The molecule has 0 aromatic heterocycles. The van der Waals surface area contributed by atoms with Crippen molar-refractivity contribution in [2.45, 2.75) is 108 Å². The van der Waals surface area contributed by atoms with Gasteiger partial charge >= 0.3 is 0 Å². The molecule has 0 saturated heterocycles. The predicted molar refractivity (Wildman–Crippen MR) is 101 cm³/mol. The predicted octanol–water partition coefficient (Wildman–Crippen LogP) is 8.02. The average Bonchev–Trinajstić information content (AvgIpc) is 2.47. The maximum Gasteiger partial charge on any atom is 0.0242 e. The molecule has 0 aromatic rings. The van der Waals surface area contributed by atoms with E-state index in [1.165, 1.54) is 96.3 Å². The van der Waals surface area contributed by atoms with E-state index in [1.54, 1.807) is 0 Å². The first-order chi connectivity index (χ1) is 9.81. The minimum Gasteiger partial charge on any atom is -0.0916 e. The van der Waals surface area contributed by atoms with Crippen LogP contribution in [0, 0.1) is 0 Å². The Labute approximate surface area is 145 Å². The van der Waals surface area contributed by atoms with Gasteiger partial charge in [0.05, 0.1) is 0 Å². The van der Waals surface area contributed by atoms with E-state index in [2.05, 4.69) is 38.8 Å². The monoisotopic (exact) mass is 410 g/mol. The van der Waals surface area contributed by atoms with E-state index < -0.39 is 0 Å². The first kappa shape index (κ1) is 21.0. The quantitative estimate of drug-likeness (QED) is 0.178. The Kier molecular flexibility index (Phi) is 18.9. The van der Waals surface area contributed by atoms with E-state index in [9.17, 15) is 0 Å². The average molecular weight is 412 g/mol. The summed E-state index contributed by atoms with van der Waals surface area (Å²) >= 11 is 7.18. The van der Waals surface area contributed by atoms with E-state index in [-0.39, 0.29) is 0 Å². The lowest BCUT2D eigenvalue weighted by Crippen LogP contribution is -1.97. The van der Waals surface area contributed by atoms with Crippen LogP contribution in [0.25, 0.3) is 0 Å². The van der Waals surface area contributed by atoms with Crippen molar-refractivity contribution in [1.29, 1.82) is 0 Å². The highest BCUT2D eigenvalue weighted by molar-refractivity contribution is 9.12. The highest BCUT2D eigenvalue weighted by atomic mass is 79.9. The van der Waals surface area contributed by atoms with Crippen LogP contribution in [-0.4, -0.2) is 10.2 Å². The smallest absolute Gasteiger partial charge is 0.0242 e. The van der Waals surface area contributed by atoms with Crippen LogP contribution < -0.4 is 0 Å². The lowest BCUT2D eigenvalue weighted by atomic mass is 10.0. The third kappa shape index (κ3) is 17.0. The van der Waals surface area contributed by atoms with Crippen molar-refractivity contribution in [3.05, 3.63) is 0 Å². The molecule has 0 saturated carbocycles. The Morgan fingerprint density at radius 3 is 1.30 bits per heavy atom. The summed E-state index contributed by atoms with van der Waals surface area (Å²) in [7, 11) is 0. The standard InChI is InChI=1S/C18H36Br2/c1-2-3-4-5-6-7-8-9-10-11-12-13-14-15-16-18(20)17-19/h18H,2-17H2,1H3. The number of unbranched alkanes of at least 4 members (excludes halogenated alkanes) is 13. The van der Waals surface area contributed by atoms with Crippen LogP contribution in [0.4, 0.5) is 0 Å². The fraction of sp³-hybridized carbons (Fsp3) is 1.00. The van der Waals surface area contributed by atoms with Gasteiger partial charge in [-0.05, 0) is 6.42 Å². The molecule has 122 valence electrons. The van der Waals surface area contributed by atoms with E-state index in [1.807, 2.05) is 0 Å². The second-order valence-electron chi connectivity index (χ2n) is 6.14. The second kappa shape index (κ2) is 18.0. The summed E-state index contributed by atoms with van der Waals surface area (Å²) in [5.74, 6) is 0. The number of halogens is 2. The third-order valence-corrected chi connectivity index (χ3v) is 6.47. The molecule has 20 heavy (non-hydrogen) atoms. The topological polar surface area (TPSA) is 0 Å². The Balaban J connectivity index is 2.96. The molecule has 0 bridgehead atoms. The molecule has 0 aromatic carbocycles. The zero-order chi connectivity index (χ0) is 14.9. The van der Waals surface area contributed by atoms with Crippen LogP contribution in [0.2, 0.25) is 0 Å². The van der Waals surface area contributed by atoms with Crippen LogP contribution in [0.3, 0.4) is 0 Å².